The maximum Gasteiger partial charge on any atom is 0.305 e. The molecule has 2 saturated heterocycles. The number of fused-ring (bicyclic) bond motifs is 1. The van der Waals surface area contributed by atoms with Gasteiger partial charge in [-0.2, -0.15) is 9.97 Å². The maximum atomic E-state index is 11.2. The second kappa shape index (κ2) is 14.5. The number of imidazole rings is 1. The molecule has 0 amide bonds. The topological polar surface area (TPSA) is 116 Å². The summed E-state index contributed by atoms with van der Waals surface area (Å²) in [5, 5.41) is 7.05. The fourth-order valence-corrected chi connectivity index (χ4v) is 5.35. The Labute approximate surface area is 242 Å². The SMILES string of the molecule is COC(=O)CCCCCCOc1ccc(Nc2nc(NC3CCN(C)CC3)c3ncn(C4CCCCO4)c3n2)cc1. The number of hydrogen-bond donors (Lipinski definition) is 2. The Hall–Kier alpha value is -3.44. The normalized spacial score (nSPS) is 18.3. The highest BCUT2D eigenvalue weighted by atomic mass is 16.5. The van der Waals surface area contributed by atoms with Crippen LogP contribution >= 0.6 is 0 Å². The molecular weight excluding hydrogens is 522 g/mol. The van der Waals surface area contributed by atoms with E-state index in [0.29, 0.717) is 25.0 Å². The summed E-state index contributed by atoms with van der Waals surface area (Å²) < 4.78 is 18.7. The first-order chi connectivity index (χ1) is 20.1. The summed E-state index contributed by atoms with van der Waals surface area (Å²) in [5.74, 6) is 1.95. The average Bonchev–Trinajstić information content (AvgIpc) is 3.43. The van der Waals surface area contributed by atoms with Crippen molar-refractivity contribution < 1.29 is 19.0 Å². The first kappa shape index (κ1) is 29.1. The molecule has 11 nitrogen and oxygen atoms in total. The van der Waals surface area contributed by atoms with E-state index in [2.05, 4.69) is 27.3 Å². The first-order valence-electron chi connectivity index (χ1n) is 15.0. The van der Waals surface area contributed by atoms with Crippen molar-refractivity contribution in [2.24, 2.45) is 0 Å². The van der Waals surface area contributed by atoms with Crippen LogP contribution in [0.25, 0.3) is 11.2 Å². The molecule has 11 heteroatoms. The molecule has 3 aromatic rings. The van der Waals surface area contributed by atoms with Gasteiger partial charge in [-0.1, -0.05) is 12.8 Å². The van der Waals surface area contributed by atoms with E-state index >= 15 is 0 Å². The summed E-state index contributed by atoms with van der Waals surface area (Å²) in [7, 11) is 3.59. The molecule has 222 valence electrons. The predicted octanol–water partition coefficient (Wildman–Crippen LogP) is 5.28. The lowest BCUT2D eigenvalue weighted by Gasteiger charge is -2.30. The minimum Gasteiger partial charge on any atom is -0.494 e. The molecule has 0 bridgehead atoms. The van der Waals surface area contributed by atoms with Crippen LogP contribution < -0.4 is 15.4 Å². The number of unbranched alkanes of at least 4 members (excludes halogenated alkanes) is 3. The number of carbonyl (C=O) groups is 1. The molecule has 0 spiro atoms. The number of ether oxygens (including phenoxy) is 3. The Kier molecular flexibility index (Phi) is 10.2. The molecular formula is C30H43N7O4. The molecule has 2 aliphatic rings. The lowest BCUT2D eigenvalue weighted by atomic mass is 10.1. The minimum atomic E-state index is -0.145. The molecule has 1 atom stereocenters. The van der Waals surface area contributed by atoms with Gasteiger partial charge in [0.05, 0.1) is 20.0 Å². The number of nitrogens with zero attached hydrogens (tertiary/aromatic N) is 5. The number of nitrogens with one attached hydrogen (secondary N) is 2. The summed E-state index contributed by atoms with van der Waals surface area (Å²) >= 11 is 0. The zero-order valence-corrected chi connectivity index (χ0v) is 24.3. The van der Waals surface area contributed by atoms with E-state index in [4.69, 9.17) is 24.4 Å². The van der Waals surface area contributed by atoms with Crippen LogP contribution in [0.5, 0.6) is 5.75 Å². The van der Waals surface area contributed by atoms with Gasteiger partial charge in [-0.3, -0.25) is 9.36 Å². The number of piperidine rings is 1. The first-order valence-corrected chi connectivity index (χ1v) is 15.0. The third-order valence-electron chi connectivity index (χ3n) is 7.83. The summed E-state index contributed by atoms with van der Waals surface area (Å²) in [4.78, 5) is 28.0. The van der Waals surface area contributed by atoms with Crippen LogP contribution in [0.3, 0.4) is 0 Å². The van der Waals surface area contributed by atoms with Gasteiger partial charge in [-0.15, -0.1) is 0 Å². The standard InChI is InChI=1S/C30H43N7O4/c1-36-17-15-23(16-18-36)32-28-27-29(37(21-31-27)25-9-6-8-20-41-25)35-30(34-28)33-22-11-13-24(14-12-22)40-19-7-4-3-5-10-26(38)39-2/h11-14,21,23,25H,3-10,15-20H2,1-2H3,(H2,32,33,34,35). The molecule has 4 heterocycles. The highest BCUT2D eigenvalue weighted by Crippen LogP contribution is 2.30. The summed E-state index contributed by atoms with van der Waals surface area (Å²) in [5.41, 5.74) is 2.43. The number of hydrogen-bond acceptors (Lipinski definition) is 10. The van der Waals surface area contributed by atoms with Crippen molar-refractivity contribution in [1.82, 2.24) is 24.4 Å². The van der Waals surface area contributed by atoms with Gasteiger partial charge >= 0.3 is 5.97 Å². The quantitative estimate of drug-likeness (QED) is 0.210. The van der Waals surface area contributed by atoms with E-state index in [-0.39, 0.29) is 12.2 Å². The molecule has 5 rings (SSSR count). The summed E-state index contributed by atoms with van der Waals surface area (Å²) in [6.45, 7) is 3.52. The molecule has 2 fully saturated rings. The Bertz CT molecular complexity index is 1250. The van der Waals surface area contributed by atoms with E-state index in [0.717, 1.165) is 106 Å². The molecule has 1 aromatic carbocycles. The van der Waals surface area contributed by atoms with Gasteiger partial charge < -0.3 is 29.7 Å². The van der Waals surface area contributed by atoms with Crippen molar-refractivity contribution in [1.29, 1.82) is 0 Å². The van der Waals surface area contributed by atoms with Crippen molar-refractivity contribution in [3.8, 4) is 5.75 Å². The monoisotopic (exact) mass is 565 g/mol. The van der Waals surface area contributed by atoms with Crippen LogP contribution in [0.1, 0.15) is 70.4 Å². The van der Waals surface area contributed by atoms with E-state index in [1.807, 2.05) is 35.2 Å². The second-order valence-electron chi connectivity index (χ2n) is 11.0. The third-order valence-corrected chi connectivity index (χ3v) is 7.83. The van der Waals surface area contributed by atoms with Crippen LogP contribution in [-0.2, 0) is 14.3 Å². The van der Waals surface area contributed by atoms with Gasteiger partial charge in [0.25, 0.3) is 0 Å². The molecule has 2 aliphatic heterocycles. The van der Waals surface area contributed by atoms with Crippen LogP contribution in [0.4, 0.5) is 17.5 Å². The van der Waals surface area contributed by atoms with Gasteiger partial charge in [0.15, 0.2) is 17.0 Å². The number of benzene rings is 1. The van der Waals surface area contributed by atoms with Crippen molar-refractivity contribution in [2.45, 2.75) is 76.5 Å². The molecule has 0 radical (unpaired) electrons. The summed E-state index contributed by atoms with van der Waals surface area (Å²) in [6, 6.07) is 8.21. The zero-order chi connectivity index (χ0) is 28.4. The van der Waals surface area contributed by atoms with E-state index in [1.165, 1.54) is 7.11 Å². The zero-order valence-electron chi connectivity index (χ0n) is 24.3. The Balaban J connectivity index is 1.23. The van der Waals surface area contributed by atoms with E-state index in [1.54, 1.807) is 0 Å². The van der Waals surface area contributed by atoms with Gasteiger partial charge in [-0.05, 0) is 89.3 Å². The van der Waals surface area contributed by atoms with Crippen LogP contribution in [0.2, 0.25) is 0 Å². The molecule has 41 heavy (non-hydrogen) atoms. The Morgan fingerprint density at radius 1 is 1.05 bits per heavy atom. The van der Waals surface area contributed by atoms with E-state index < -0.39 is 0 Å². The average molecular weight is 566 g/mol. The van der Waals surface area contributed by atoms with Gasteiger partial charge in [0, 0.05) is 24.8 Å². The fraction of sp³-hybridized carbons (Fsp3) is 0.600. The number of aromatic nitrogens is 4. The number of anilines is 3. The van der Waals surface area contributed by atoms with Gasteiger partial charge in [-0.25, -0.2) is 4.98 Å². The number of likely N-dealkylation sites (tertiary alicyclic amines) is 1. The number of carbonyl (C=O) groups excluding carboxylic acids is 1. The number of esters is 1. The van der Waals surface area contributed by atoms with Crippen LogP contribution in [-0.4, -0.2) is 76.9 Å². The van der Waals surface area contributed by atoms with Crippen LogP contribution in [0, 0.1) is 0 Å². The largest absolute Gasteiger partial charge is 0.494 e. The fourth-order valence-electron chi connectivity index (χ4n) is 5.35. The lowest BCUT2D eigenvalue weighted by molar-refractivity contribution is -0.140. The van der Waals surface area contributed by atoms with Gasteiger partial charge in [0.1, 0.15) is 12.0 Å². The maximum absolute atomic E-state index is 11.2. The minimum absolute atomic E-state index is 0.0584. The Morgan fingerprint density at radius 3 is 2.61 bits per heavy atom. The predicted molar refractivity (Wildman–Crippen MR) is 159 cm³/mol. The Morgan fingerprint density at radius 2 is 1.85 bits per heavy atom. The number of methoxy groups -OCH3 is 1. The highest BCUT2D eigenvalue weighted by molar-refractivity contribution is 5.85. The summed E-state index contributed by atoms with van der Waals surface area (Å²) in [6.07, 6.45) is 11.4. The highest BCUT2D eigenvalue weighted by Gasteiger charge is 2.24. The van der Waals surface area contributed by atoms with Crippen molar-refractivity contribution in [3.63, 3.8) is 0 Å². The third kappa shape index (κ3) is 8.07. The molecule has 1 unspecified atom stereocenters. The number of rotatable bonds is 13. The molecule has 2 N–H and O–H groups in total. The van der Waals surface area contributed by atoms with Crippen molar-refractivity contribution in [2.75, 3.05) is 51.1 Å². The lowest BCUT2D eigenvalue weighted by Crippen LogP contribution is -2.37. The van der Waals surface area contributed by atoms with Crippen molar-refractivity contribution in [3.05, 3.63) is 30.6 Å². The molecule has 0 saturated carbocycles. The van der Waals surface area contributed by atoms with Gasteiger partial charge in [0.2, 0.25) is 5.95 Å². The smallest absolute Gasteiger partial charge is 0.305 e. The van der Waals surface area contributed by atoms with Crippen molar-refractivity contribution >= 4 is 34.6 Å². The van der Waals surface area contributed by atoms with E-state index in [9.17, 15) is 4.79 Å². The van der Waals surface area contributed by atoms with Crippen LogP contribution in [0.15, 0.2) is 30.6 Å². The second-order valence-corrected chi connectivity index (χ2v) is 11.0. The molecule has 0 aliphatic carbocycles. The molecule has 2 aromatic heterocycles.